The number of halogens is 1. The van der Waals surface area contributed by atoms with Crippen molar-refractivity contribution in [3.63, 3.8) is 0 Å². The fourth-order valence-corrected chi connectivity index (χ4v) is 3.60. The van der Waals surface area contributed by atoms with Gasteiger partial charge in [0.05, 0.1) is 11.3 Å². The standard InChI is InChI=1S/C20H27FN4O/c1-4-11-25-15(3)19(14(2)23-25)20(26)24-12-9-18(10-13-24)22-17-7-5-16(21)6-8-17/h5-8,18,22H,4,9-13H2,1-3H3. The van der Waals surface area contributed by atoms with Gasteiger partial charge in [0, 0.05) is 37.1 Å². The second-order valence-electron chi connectivity index (χ2n) is 6.99. The summed E-state index contributed by atoms with van der Waals surface area (Å²) in [5, 5.41) is 7.95. The number of carbonyl (C=O) groups excluding carboxylic acids is 1. The van der Waals surface area contributed by atoms with Crippen molar-refractivity contribution in [1.29, 1.82) is 0 Å². The number of amides is 1. The number of anilines is 1. The average molecular weight is 358 g/mol. The summed E-state index contributed by atoms with van der Waals surface area (Å²) in [7, 11) is 0. The van der Waals surface area contributed by atoms with Crippen molar-refractivity contribution in [2.24, 2.45) is 0 Å². The summed E-state index contributed by atoms with van der Waals surface area (Å²) >= 11 is 0. The Balaban J connectivity index is 1.61. The molecule has 1 aliphatic heterocycles. The first-order valence-corrected chi connectivity index (χ1v) is 9.35. The SMILES string of the molecule is CCCn1nc(C)c(C(=O)N2CCC(Nc3ccc(F)cc3)CC2)c1C. The van der Waals surface area contributed by atoms with Crippen LogP contribution in [0.4, 0.5) is 10.1 Å². The van der Waals surface area contributed by atoms with Gasteiger partial charge in [-0.15, -0.1) is 0 Å². The van der Waals surface area contributed by atoms with Crippen molar-refractivity contribution in [1.82, 2.24) is 14.7 Å². The first-order chi connectivity index (χ1) is 12.5. The minimum absolute atomic E-state index is 0.0857. The molecule has 0 aliphatic carbocycles. The summed E-state index contributed by atoms with van der Waals surface area (Å²) in [5.41, 5.74) is 3.44. The number of likely N-dealkylation sites (tertiary alicyclic amines) is 1. The van der Waals surface area contributed by atoms with Gasteiger partial charge < -0.3 is 10.2 Å². The predicted octanol–water partition coefficient (Wildman–Crippen LogP) is 3.77. The van der Waals surface area contributed by atoms with Crippen LogP contribution in [0.5, 0.6) is 0 Å². The molecule has 1 fully saturated rings. The van der Waals surface area contributed by atoms with Gasteiger partial charge in [0.15, 0.2) is 0 Å². The Hall–Kier alpha value is -2.37. The van der Waals surface area contributed by atoms with Gasteiger partial charge in [-0.1, -0.05) is 6.92 Å². The Bertz CT molecular complexity index is 761. The fourth-order valence-electron chi connectivity index (χ4n) is 3.60. The number of nitrogens with one attached hydrogen (secondary N) is 1. The number of benzene rings is 1. The van der Waals surface area contributed by atoms with Crippen molar-refractivity contribution in [2.45, 2.75) is 52.6 Å². The summed E-state index contributed by atoms with van der Waals surface area (Å²) < 4.78 is 14.9. The van der Waals surface area contributed by atoms with E-state index >= 15 is 0 Å². The van der Waals surface area contributed by atoms with Crippen LogP contribution in [0.3, 0.4) is 0 Å². The van der Waals surface area contributed by atoms with Crippen LogP contribution in [-0.2, 0) is 6.54 Å². The normalized spacial score (nSPS) is 15.3. The maximum absolute atomic E-state index is 13.0. The highest BCUT2D eigenvalue weighted by molar-refractivity contribution is 5.96. The lowest BCUT2D eigenvalue weighted by atomic mass is 10.0. The largest absolute Gasteiger partial charge is 0.382 e. The molecule has 0 saturated carbocycles. The maximum atomic E-state index is 13.0. The molecule has 1 amide bonds. The highest BCUT2D eigenvalue weighted by atomic mass is 19.1. The van der Waals surface area contributed by atoms with Crippen molar-refractivity contribution < 1.29 is 9.18 Å². The first-order valence-electron chi connectivity index (χ1n) is 9.35. The van der Waals surface area contributed by atoms with E-state index in [1.54, 1.807) is 12.1 Å². The second-order valence-corrected chi connectivity index (χ2v) is 6.99. The molecule has 140 valence electrons. The van der Waals surface area contributed by atoms with Crippen LogP contribution in [0, 0.1) is 19.7 Å². The summed E-state index contributed by atoms with van der Waals surface area (Å²) in [4.78, 5) is 14.9. The molecule has 3 rings (SSSR count). The van der Waals surface area contributed by atoms with Gasteiger partial charge >= 0.3 is 0 Å². The summed E-state index contributed by atoms with van der Waals surface area (Å²) in [6, 6.07) is 6.72. The molecule has 0 unspecified atom stereocenters. The predicted molar refractivity (Wildman–Crippen MR) is 101 cm³/mol. The first kappa shape index (κ1) is 18.4. The van der Waals surface area contributed by atoms with Crippen molar-refractivity contribution in [2.75, 3.05) is 18.4 Å². The van der Waals surface area contributed by atoms with E-state index in [1.165, 1.54) is 12.1 Å². The zero-order valence-corrected chi connectivity index (χ0v) is 15.8. The Morgan fingerprint density at radius 1 is 1.23 bits per heavy atom. The molecule has 0 radical (unpaired) electrons. The van der Waals surface area contributed by atoms with Crippen molar-refractivity contribution >= 4 is 11.6 Å². The number of aryl methyl sites for hydroxylation is 2. The quantitative estimate of drug-likeness (QED) is 0.885. The van der Waals surface area contributed by atoms with Crippen LogP contribution >= 0.6 is 0 Å². The summed E-state index contributed by atoms with van der Waals surface area (Å²) in [6.45, 7) is 8.27. The Morgan fingerprint density at radius 2 is 1.88 bits per heavy atom. The lowest BCUT2D eigenvalue weighted by molar-refractivity contribution is 0.0717. The molecule has 2 heterocycles. The highest BCUT2D eigenvalue weighted by Crippen LogP contribution is 2.21. The molecule has 0 atom stereocenters. The van der Waals surface area contributed by atoms with E-state index in [1.807, 2.05) is 23.4 Å². The van der Waals surface area contributed by atoms with Crippen LogP contribution in [0.15, 0.2) is 24.3 Å². The van der Waals surface area contributed by atoms with E-state index in [4.69, 9.17) is 0 Å². The molecule has 1 saturated heterocycles. The molecule has 1 N–H and O–H groups in total. The molecule has 1 aromatic heterocycles. The molecule has 2 aromatic rings. The van der Waals surface area contributed by atoms with E-state index in [2.05, 4.69) is 17.3 Å². The van der Waals surface area contributed by atoms with Crippen LogP contribution < -0.4 is 5.32 Å². The molecule has 26 heavy (non-hydrogen) atoms. The van der Waals surface area contributed by atoms with Gasteiger partial charge in [-0.2, -0.15) is 5.10 Å². The molecule has 0 spiro atoms. The Morgan fingerprint density at radius 3 is 2.50 bits per heavy atom. The van der Waals surface area contributed by atoms with Crippen LogP contribution in [0.25, 0.3) is 0 Å². The molecular weight excluding hydrogens is 331 g/mol. The number of hydrogen-bond acceptors (Lipinski definition) is 3. The molecule has 5 nitrogen and oxygen atoms in total. The maximum Gasteiger partial charge on any atom is 0.257 e. The van der Waals surface area contributed by atoms with Crippen molar-refractivity contribution in [3.8, 4) is 0 Å². The number of carbonyl (C=O) groups is 1. The third-order valence-corrected chi connectivity index (χ3v) is 5.03. The van der Waals surface area contributed by atoms with Crippen LogP contribution in [0.1, 0.15) is 47.9 Å². The van der Waals surface area contributed by atoms with Gasteiger partial charge in [-0.25, -0.2) is 4.39 Å². The van der Waals surface area contributed by atoms with Crippen molar-refractivity contribution in [3.05, 3.63) is 47.0 Å². The van der Waals surface area contributed by atoms with Crippen LogP contribution in [-0.4, -0.2) is 39.7 Å². The molecule has 1 aromatic carbocycles. The van der Waals surface area contributed by atoms with E-state index in [0.29, 0.717) is 6.04 Å². The van der Waals surface area contributed by atoms with Gasteiger partial charge in [0.2, 0.25) is 0 Å². The van der Waals surface area contributed by atoms with Crippen LogP contribution in [0.2, 0.25) is 0 Å². The Kier molecular flexibility index (Phi) is 5.59. The van der Waals surface area contributed by atoms with Gasteiger partial charge in [0.25, 0.3) is 5.91 Å². The number of hydrogen-bond donors (Lipinski definition) is 1. The van der Waals surface area contributed by atoms with Gasteiger partial charge in [-0.05, 0) is 57.4 Å². The molecule has 6 heteroatoms. The second kappa shape index (κ2) is 7.89. The van der Waals surface area contributed by atoms with Gasteiger partial charge in [-0.3, -0.25) is 9.48 Å². The lowest BCUT2D eigenvalue weighted by Gasteiger charge is -2.33. The molecular formula is C20H27FN4O. The van der Waals surface area contributed by atoms with E-state index in [9.17, 15) is 9.18 Å². The topological polar surface area (TPSA) is 50.2 Å². The lowest BCUT2D eigenvalue weighted by Crippen LogP contribution is -2.42. The fraction of sp³-hybridized carbons (Fsp3) is 0.500. The van der Waals surface area contributed by atoms with E-state index in [-0.39, 0.29) is 11.7 Å². The monoisotopic (exact) mass is 358 g/mol. The zero-order chi connectivity index (χ0) is 18.7. The number of rotatable bonds is 5. The van der Waals surface area contributed by atoms with Gasteiger partial charge in [0.1, 0.15) is 5.82 Å². The summed E-state index contributed by atoms with van der Waals surface area (Å²) in [5.74, 6) is -0.145. The zero-order valence-electron chi connectivity index (χ0n) is 15.8. The number of aromatic nitrogens is 2. The Labute approximate surface area is 154 Å². The smallest absolute Gasteiger partial charge is 0.257 e. The number of nitrogens with zero attached hydrogens (tertiary/aromatic N) is 3. The van der Waals surface area contributed by atoms with E-state index < -0.39 is 0 Å². The summed E-state index contributed by atoms with van der Waals surface area (Å²) in [6.07, 6.45) is 2.75. The minimum Gasteiger partial charge on any atom is -0.382 e. The molecule has 0 bridgehead atoms. The average Bonchev–Trinajstić information content (AvgIpc) is 2.91. The minimum atomic E-state index is -0.231. The third kappa shape index (κ3) is 3.89. The number of piperidine rings is 1. The van der Waals surface area contributed by atoms with E-state index in [0.717, 1.165) is 61.5 Å². The molecule has 1 aliphatic rings. The highest BCUT2D eigenvalue weighted by Gasteiger charge is 2.27. The third-order valence-electron chi connectivity index (χ3n) is 5.03.